The van der Waals surface area contributed by atoms with E-state index in [1.165, 1.54) is 0 Å². The number of carboxylic acid groups (broad SMARTS) is 1. The lowest BCUT2D eigenvalue weighted by Crippen LogP contribution is -2.25. The van der Waals surface area contributed by atoms with Gasteiger partial charge in [-0.3, -0.25) is 9.59 Å². The summed E-state index contributed by atoms with van der Waals surface area (Å²) < 4.78 is 59.8. The maximum absolute atomic E-state index is 11.4. The summed E-state index contributed by atoms with van der Waals surface area (Å²) in [7, 11) is 0. The first-order valence-corrected chi connectivity index (χ1v) is 15.9. The molecule has 2 N–H and O–H groups in total. The van der Waals surface area contributed by atoms with Crippen molar-refractivity contribution in [1.29, 1.82) is 0 Å². The van der Waals surface area contributed by atoms with Gasteiger partial charge in [0.2, 0.25) is 5.91 Å². The maximum Gasteiger partial charge on any atom is 0.303 e. The second-order valence-corrected chi connectivity index (χ2v) is 9.64. The van der Waals surface area contributed by atoms with Crippen LogP contribution in [0.4, 0.5) is 0 Å². The van der Waals surface area contributed by atoms with Crippen molar-refractivity contribution >= 4 is 11.9 Å². The van der Waals surface area contributed by atoms with Gasteiger partial charge >= 0.3 is 5.97 Å². The van der Waals surface area contributed by atoms with Crippen molar-refractivity contribution < 1.29 is 66.8 Å². The molecule has 0 bridgehead atoms. The molecule has 0 atom stereocenters. The van der Waals surface area contributed by atoms with Crippen LogP contribution in [0, 0.1) is 0 Å². The van der Waals surface area contributed by atoms with Crippen molar-refractivity contribution in [3.8, 4) is 0 Å². The molecule has 268 valence electrons. The molecular formula is C30H59NO14. The summed E-state index contributed by atoms with van der Waals surface area (Å²) in [5.41, 5.74) is 0. The van der Waals surface area contributed by atoms with Crippen molar-refractivity contribution in [2.24, 2.45) is 0 Å². The van der Waals surface area contributed by atoms with Gasteiger partial charge in [-0.25, -0.2) is 0 Å². The van der Waals surface area contributed by atoms with E-state index in [4.69, 9.17) is 57.2 Å². The van der Waals surface area contributed by atoms with E-state index in [0.29, 0.717) is 152 Å². The summed E-state index contributed by atoms with van der Waals surface area (Å²) in [6, 6.07) is 0. The van der Waals surface area contributed by atoms with Gasteiger partial charge < -0.3 is 62.5 Å². The standard InChI is InChI=1S/C30H59NO14/c1-28(2)45-27-26-44-25-24-43-23-22-42-21-20-41-19-18-40-17-16-39-15-14-38-13-12-37-11-10-36-9-8-35-7-3-6-31-29(32)4-5-30(33)34/h28H,3-27H2,1-2H3,(H,31,32)(H,33,34). The van der Waals surface area contributed by atoms with E-state index in [2.05, 4.69) is 5.32 Å². The van der Waals surface area contributed by atoms with Crippen LogP contribution in [-0.4, -0.2) is 168 Å². The first kappa shape index (κ1) is 43.5. The molecule has 0 aliphatic rings. The van der Waals surface area contributed by atoms with E-state index in [9.17, 15) is 9.59 Å². The fourth-order valence-electron chi connectivity index (χ4n) is 3.13. The average molecular weight is 658 g/mol. The third kappa shape index (κ3) is 40.5. The summed E-state index contributed by atoms with van der Waals surface area (Å²) in [6.07, 6.45) is 0.705. The van der Waals surface area contributed by atoms with Crippen LogP contribution >= 0.6 is 0 Å². The van der Waals surface area contributed by atoms with Crippen molar-refractivity contribution in [3.05, 3.63) is 0 Å². The van der Waals surface area contributed by atoms with Crippen molar-refractivity contribution in [2.45, 2.75) is 39.2 Å². The molecule has 0 aromatic carbocycles. The van der Waals surface area contributed by atoms with Gasteiger partial charge in [0.15, 0.2) is 0 Å². The highest BCUT2D eigenvalue weighted by molar-refractivity contribution is 5.80. The van der Waals surface area contributed by atoms with E-state index in [1.807, 2.05) is 13.8 Å². The monoisotopic (exact) mass is 657 g/mol. The molecule has 0 saturated carbocycles. The predicted octanol–water partition coefficient (Wildman–Crippen LogP) is 0.949. The van der Waals surface area contributed by atoms with Crippen LogP contribution in [0.1, 0.15) is 33.1 Å². The number of ether oxygens (including phenoxy) is 11. The van der Waals surface area contributed by atoms with Crippen molar-refractivity contribution in [3.63, 3.8) is 0 Å². The molecule has 0 fully saturated rings. The second kappa shape index (κ2) is 37.0. The van der Waals surface area contributed by atoms with Crippen LogP contribution in [0.3, 0.4) is 0 Å². The quantitative estimate of drug-likeness (QED) is 0.0901. The number of aliphatic carboxylic acids is 1. The fourth-order valence-corrected chi connectivity index (χ4v) is 3.13. The number of carboxylic acids is 1. The van der Waals surface area contributed by atoms with E-state index < -0.39 is 5.97 Å². The van der Waals surface area contributed by atoms with Gasteiger partial charge in [-0.1, -0.05) is 0 Å². The summed E-state index contributed by atoms with van der Waals surface area (Å²) in [4.78, 5) is 21.7. The smallest absolute Gasteiger partial charge is 0.303 e. The molecule has 0 radical (unpaired) electrons. The van der Waals surface area contributed by atoms with E-state index in [-0.39, 0.29) is 24.9 Å². The predicted molar refractivity (Wildman–Crippen MR) is 164 cm³/mol. The molecular weight excluding hydrogens is 598 g/mol. The zero-order chi connectivity index (χ0) is 32.9. The lowest BCUT2D eigenvalue weighted by atomic mass is 10.3. The number of amides is 1. The third-order valence-electron chi connectivity index (χ3n) is 5.38. The van der Waals surface area contributed by atoms with Gasteiger partial charge in [0.25, 0.3) is 0 Å². The Hall–Kier alpha value is -1.50. The van der Waals surface area contributed by atoms with E-state index in [1.54, 1.807) is 0 Å². The van der Waals surface area contributed by atoms with Crippen LogP contribution in [-0.2, 0) is 61.7 Å². The van der Waals surface area contributed by atoms with Gasteiger partial charge in [-0.05, 0) is 20.3 Å². The van der Waals surface area contributed by atoms with Crippen LogP contribution in [0.25, 0.3) is 0 Å². The molecule has 0 aromatic rings. The summed E-state index contributed by atoms with van der Waals surface area (Å²) in [6.45, 7) is 15.0. The summed E-state index contributed by atoms with van der Waals surface area (Å²) in [5.74, 6) is -1.25. The molecule has 0 unspecified atom stereocenters. The molecule has 1 amide bonds. The summed E-state index contributed by atoms with van der Waals surface area (Å²) >= 11 is 0. The average Bonchev–Trinajstić information content (AvgIpc) is 3.01. The SMILES string of the molecule is CC(C)OCCOCCOCCOCCOCCOCCOCCOCCOCCOCCOCCCNC(=O)CCC(=O)O. The van der Waals surface area contributed by atoms with Crippen molar-refractivity contribution in [2.75, 3.05) is 145 Å². The van der Waals surface area contributed by atoms with Gasteiger partial charge in [0, 0.05) is 19.6 Å². The highest BCUT2D eigenvalue weighted by atomic mass is 16.6. The number of carbonyl (C=O) groups is 2. The largest absolute Gasteiger partial charge is 0.481 e. The highest BCUT2D eigenvalue weighted by Gasteiger charge is 2.04. The Morgan fingerprint density at radius 1 is 0.467 bits per heavy atom. The van der Waals surface area contributed by atoms with Crippen LogP contribution in [0.2, 0.25) is 0 Å². The minimum absolute atomic E-state index is 0.00911. The third-order valence-corrected chi connectivity index (χ3v) is 5.38. The van der Waals surface area contributed by atoms with Crippen LogP contribution in [0.5, 0.6) is 0 Å². The molecule has 0 spiro atoms. The molecule has 0 aliphatic carbocycles. The Morgan fingerprint density at radius 2 is 0.756 bits per heavy atom. The van der Waals surface area contributed by atoms with E-state index >= 15 is 0 Å². The number of hydrogen-bond acceptors (Lipinski definition) is 13. The molecule has 0 saturated heterocycles. The Balaban J connectivity index is 3.08. The van der Waals surface area contributed by atoms with Gasteiger partial charge in [0.05, 0.1) is 145 Å². The lowest BCUT2D eigenvalue weighted by molar-refractivity contribution is -0.138. The zero-order valence-electron chi connectivity index (χ0n) is 27.5. The number of rotatable bonds is 38. The number of carbonyl (C=O) groups excluding carboxylic acids is 1. The molecule has 45 heavy (non-hydrogen) atoms. The molecule has 0 heterocycles. The van der Waals surface area contributed by atoms with Crippen LogP contribution < -0.4 is 5.32 Å². The Bertz CT molecular complexity index is 629. The molecule has 0 aliphatic heterocycles. The molecule has 0 rings (SSSR count). The highest BCUT2D eigenvalue weighted by Crippen LogP contribution is 1.91. The first-order chi connectivity index (χ1) is 22.0. The second-order valence-electron chi connectivity index (χ2n) is 9.64. The van der Waals surface area contributed by atoms with Crippen molar-refractivity contribution in [1.82, 2.24) is 5.32 Å². The zero-order valence-corrected chi connectivity index (χ0v) is 27.5. The number of hydrogen-bond donors (Lipinski definition) is 2. The normalized spacial score (nSPS) is 11.4. The Labute approximate surface area is 268 Å². The van der Waals surface area contributed by atoms with Gasteiger partial charge in [-0.2, -0.15) is 0 Å². The van der Waals surface area contributed by atoms with Gasteiger partial charge in [-0.15, -0.1) is 0 Å². The number of nitrogens with one attached hydrogen (secondary N) is 1. The maximum atomic E-state index is 11.4. The van der Waals surface area contributed by atoms with Gasteiger partial charge in [0.1, 0.15) is 0 Å². The first-order valence-electron chi connectivity index (χ1n) is 15.9. The minimum atomic E-state index is -0.982. The minimum Gasteiger partial charge on any atom is -0.481 e. The van der Waals surface area contributed by atoms with E-state index in [0.717, 1.165) is 0 Å². The fraction of sp³-hybridized carbons (Fsp3) is 0.933. The Kier molecular flexibility index (Phi) is 35.7. The topological polar surface area (TPSA) is 168 Å². The van der Waals surface area contributed by atoms with Crippen LogP contribution in [0.15, 0.2) is 0 Å². The molecule has 15 nitrogen and oxygen atoms in total. The Morgan fingerprint density at radius 3 is 1.04 bits per heavy atom. The molecule has 15 heteroatoms. The summed E-state index contributed by atoms with van der Waals surface area (Å²) in [5, 5.41) is 11.2. The lowest BCUT2D eigenvalue weighted by Gasteiger charge is -2.09. The molecule has 0 aromatic heterocycles.